The van der Waals surface area contributed by atoms with E-state index >= 15 is 0 Å². The van der Waals surface area contributed by atoms with Crippen molar-refractivity contribution in [3.8, 4) is 0 Å². The van der Waals surface area contributed by atoms with E-state index in [0.29, 0.717) is 6.42 Å². The maximum atomic E-state index is 12.1. The van der Waals surface area contributed by atoms with E-state index in [1.165, 1.54) is 7.11 Å². The summed E-state index contributed by atoms with van der Waals surface area (Å²) in [5.41, 5.74) is -0.638. The first-order valence-electron chi connectivity index (χ1n) is 5.34. The Labute approximate surface area is 108 Å². The molecular weight excluding hydrogens is 275 g/mol. The summed E-state index contributed by atoms with van der Waals surface area (Å²) in [6, 6.07) is 0. The molecule has 1 heterocycles. The van der Waals surface area contributed by atoms with Crippen LogP contribution in [0.5, 0.6) is 0 Å². The van der Waals surface area contributed by atoms with E-state index in [-0.39, 0.29) is 6.42 Å². The van der Waals surface area contributed by atoms with Gasteiger partial charge in [-0.05, 0) is 20.3 Å². The SMILES string of the molecule is CO[C@@]1(C)CCC(Cl)(NC(=O)C(F)(F)F)O[C@H]1C. The molecule has 3 atom stereocenters. The van der Waals surface area contributed by atoms with Crippen molar-refractivity contribution in [3.05, 3.63) is 0 Å². The quantitative estimate of drug-likeness (QED) is 0.626. The van der Waals surface area contributed by atoms with Crippen LogP contribution in [0.15, 0.2) is 0 Å². The fourth-order valence-corrected chi connectivity index (χ4v) is 1.99. The molecule has 4 nitrogen and oxygen atoms in total. The molecule has 0 radical (unpaired) electrons. The third-order valence-electron chi connectivity index (χ3n) is 3.19. The van der Waals surface area contributed by atoms with Gasteiger partial charge >= 0.3 is 12.1 Å². The monoisotopic (exact) mass is 289 g/mol. The van der Waals surface area contributed by atoms with Crippen LogP contribution in [0.3, 0.4) is 0 Å². The Morgan fingerprint density at radius 1 is 1.50 bits per heavy atom. The maximum Gasteiger partial charge on any atom is 0.471 e. The second-order valence-corrected chi connectivity index (χ2v) is 5.07. The fraction of sp³-hybridized carbons (Fsp3) is 0.900. The van der Waals surface area contributed by atoms with E-state index in [1.807, 2.05) is 0 Å². The van der Waals surface area contributed by atoms with Gasteiger partial charge in [0.05, 0.1) is 11.7 Å². The van der Waals surface area contributed by atoms with Gasteiger partial charge in [-0.15, -0.1) is 0 Å². The summed E-state index contributed by atoms with van der Waals surface area (Å²) < 4.78 is 46.9. The Morgan fingerprint density at radius 3 is 2.44 bits per heavy atom. The van der Waals surface area contributed by atoms with Crippen molar-refractivity contribution in [2.24, 2.45) is 0 Å². The smallest absolute Gasteiger partial charge is 0.376 e. The molecule has 0 aliphatic carbocycles. The molecular formula is C10H15ClF3NO3. The number of hydrogen-bond acceptors (Lipinski definition) is 3. The number of rotatable bonds is 2. The van der Waals surface area contributed by atoms with Gasteiger partial charge in [0.2, 0.25) is 5.18 Å². The number of halogens is 4. The van der Waals surface area contributed by atoms with Crippen LogP contribution in [0.25, 0.3) is 0 Å². The first kappa shape index (κ1) is 15.5. The van der Waals surface area contributed by atoms with E-state index in [0.717, 1.165) is 0 Å². The summed E-state index contributed by atoms with van der Waals surface area (Å²) in [6.07, 6.45) is -5.16. The summed E-state index contributed by atoms with van der Waals surface area (Å²) in [6.45, 7) is 3.39. The summed E-state index contributed by atoms with van der Waals surface area (Å²) in [5.74, 6) is -2.12. The number of nitrogens with one attached hydrogen (secondary N) is 1. The molecule has 1 aliphatic rings. The average Bonchev–Trinajstić information content (AvgIpc) is 2.23. The van der Waals surface area contributed by atoms with E-state index in [2.05, 4.69) is 0 Å². The minimum atomic E-state index is -4.99. The number of carbonyl (C=O) groups is 1. The topological polar surface area (TPSA) is 47.6 Å². The van der Waals surface area contributed by atoms with Gasteiger partial charge in [0.25, 0.3) is 0 Å². The Morgan fingerprint density at radius 2 is 2.06 bits per heavy atom. The third-order valence-corrected chi connectivity index (χ3v) is 3.56. The molecule has 0 aromatic rings. The highest BCUT2D eigenvalue weighted by molar-refractivity contribution is 6.23. The fourth-order valence-electron chi connectivity index (χ4n) is 1.68. The molecule has 0 aromatic carbocycles. The van der Waals surface area contributed by atoms with Crippen LogP contribution in [0.4, 0.5) is 13.2 Å². The average molecular weight is 290 g/mol. The first-order valence-corrected chi connectivity index (χ1v) is 5.71. The third kappa shape index (κ3) is 3.27. The van der Waals surface area contributed by atoms with Gasteiger partial charge in [-0.1, -0.05) is 11.6 Å². The molecule has 0 bridgehead atoms. The van der Waals surface area contributed by atoms with Crippen molar-refractivity contribution in [2.45, 2.75) is 49.8 Å². The largest absolute Gasteiger partial charge is 0.471 e. The van der Waals surface area contributed by atoms with Crippen LogP contribution in [0.1, 0.15) is 26.7 Å². The number of hydrogen-bond donors (Lipinski definition) is 1. The van der Waals surface area contributed by atoms with Crippen molar-refractivity contribution in [2.75, 3.05) is 7.11 Å². The maximum absolute atomic E-state index is 12.1. The van der Waals surface area contributed by atoms with Gasteiger partial charge in [-0.2, -0.15) is 13.2 Å². The van der Waals surface area contributed by atoms with Crippen LogP contribution >= 0.6 is 11.6 Å². The highest BCUT2D eigenvalue weighted by atomic mass is 35.5. The zero-order chi connectivity index (χ0) is 14.2. The Balaban J connectivity index is 2.72. The number of ether oxygens (including phenoxy) is 2. The van der Waals surface area contributed by atoms with Crippen LogP contribution in [-0.4, -0.2) is 36.1 Å². The highest BCUT2D eigenvalue weighted by Gasteiger charge is 2.50. The zero-order valence-corrected chi connectivity index (χ0v) is 11.0. The molecule has 1 amide bonds. The van der Waals surface area contributed by atoms with Gasteiger partial charge in [-0.3, -0.25) is 4.79 Å². The second-order valence-electron chi connectivity index (χ2n) is 4.46. The number of amides is 1. The van der Waals surface area contributed by atoms with E-state index in [9.17, 15) is 18.0 Å². The van der Waals surface area contributed by atoms with Crippen LogP contribution < -0.4 is 5.32 Å². The molecule has 1 saturated heterocycles. The van der Waals surface area contributed by atoms with Crippen molar-refractivity contribution in [1.82, 2.24) is 5.32 Å². The van der Waals surface area contributed by atoms with E-state index < -0.39 is 29.0 Å². The van der Waals surface area contributed by atoms with Crippen LogP contribution in [-0.2, 0) is 14.3 Å². The Hall–Kier alpha value is -0.530. The van der Waals surface area contributed by atoms with Crippen molar-refractivity contribution < 1.29 is 27.4 Å². The van der Waals surface area contributed by atoms with Gasteiger partial charge in [0.15, 0.2) is 0 Å². The molecule has 0 saturated carbocycles. The lowest BCUT2D eigenvalue weighted by Crippen LogP contribution is -2.59. The molecule has 1 N–H and O–H groups in total. The van der Waals surface area contributed by atoms with E-state index in [4.69, 9.17) is 21.1 Å². The van der Waals surface area contributed by atoms with Gasteiger partial charge in [0, 0.05) is 13.5 Å². The molecule has 1 unspecified atom stereocenters. The van der Waals surface area contributed by atoms with Gasteiger partial charge in [0.1, 0.15) is 0 Å². The van der Waals surface area contributed by atoms with Crippen molar-refractivity contribution in [1.29, 1.82) is 0 Å². The predicted molar refractivity (Wildman–Crippen MR) is 58.0 cm³/mol. The van der Waals surface area contributed by atoms with Gasteiger partial charge < -0.3 is 14.8 Å². The lowest BCUT2D eigenvalue weighted by molar-refractivity contribution is -0.209. The molecule has 0 spiro atoms. The van der Waals surface area contributed by atoms with Crippen molar-refractivity contribution in [3.63, 3.8) is 0 Å². The minimum absolute atomic E-state index is 0.0189. The molecule has 106 valence electrons. The first-order chi connectivity index (χ1) is 8.02. The van der Waals surface area contributed by atoms with Gasteiger partial charge in [-0.25, -0.2) is 0 Å². The molecule has 1 rings (SSSR count). The lowest BCUT2D eigenvalue weighted by atomic mass is 9.90. The minimum Gasteiger partial charge on any atom is -0.376 e. The summed E-state index contributed by atoms with van der Waals surface area (Å²) in [4.78, 5) is 10.8. The normalized spacial score (nSPS) is 37.4. The summed E-state index contributed by atoms with van der Waals surface area (Å²) in [7, 11) is 1.48. The predicted octanol–water partition coefficient (Wildman–Crippen LogP) is 2.16. The second kappa shape index (κ2) is 4.86. The van der Waals surface area contributed by atoms with Crippen molar-refractivity contribution >= 4 is 17.5 Å². The number of carbonyl (C=O) groups excluding carboxylic acids is 1. The summed E-state index contributed by atoms with van der Waals surface area (Å²) >= 11 is 5.85. The molecule has 1 aliphatic heterocycles. The molecule has 8 heteroatoms. The molecule has 0 aromatic heterocycles. The van der Waals surface area contributed by atoms with E-state index in [1.54, 1.807) is 19.2 Å². The number of alkyl halides is 4. The molecule has 1 fully saturated rings. The van der Waals surface area contributed by atoms with Crippen LogP contribution in [0.2, 0.25) is 0 Å². The number of methoxy groups -OCH3 is 1. The Bertz CT molecular complexity index is 339. The Kier molecular flexibility index (Phi) is 4.19. The van der Waals surface area contributed by atoms with Crippen LogP contribution in [0, 0.1) is 0 Å². The summed E-state index contributed by atoms with van der Waals surface area (Å²) in [5, 5.41) is -0.192. The zero-order valence-electron chi connectivity index (χ0n) is 10.2. The highest BCUT2D eigenvalue weighted by Crippen LogP contribution is 2.38. The standard InChI is InChI=1S/C10H15ClF3NO3/c1-6-8(2,17-3)4-5-9(11,18-6)15-7(16)10(12,13)14/h6H,4-5H2,1-3H3,(H,15,16)/t6-,8-,9?/m0/s1. The molecule has 18 heavy (non-hydrogen) atoms. The lowest BCUT2D eigenvalue weighted by Gasteiger charge is -2.45.